The highest BCUT2D eigenvalue weighted by molar-refractivity contribution is 9.11. The van der Waals surface area contributed by atoms with E-state index in [0.29, 0.717) is 36.5 Å². The second-order valence-electron chi connectivity index (χ2n) is 8.01. The summed E-state index contributed by atoms with van der Waals surface area (Å²) in [5.74, 6) is -1.71. The van der Waals surface area contributed by atoms with Gasteiger partial charge in [-0.15, -0.1) is 0 Å². The molecule has 0 radical (unpaired) electrons. The van der Waals surface area contributed by atoms with Crippen molar-refractivity contribution in [1.29, 1.82) is 0 Å². The number of rotatable bonds is 8. The summed E-state index contributed by atoms with van der Waals surface area (Å²) >= 11 is 12.8. The third kappa shape index (κ3) is 6.24. The second kappa shape index (κ2) is 11.8. The zero-order valence-corrected chi connectivity index (χ0v) is 23.3. The molecule has 0 saturated heterocycles. The molecule has 0 fully saturated rings. The summed E-state index contributed by atoms with van der Waals surface area (Å²) in [6.07, 6.45) is 0. The average Bonchev–Trinajstić information content (AvgIpc) is 2.90. The first-order valence-electron chi connectivity index (χ1n) is 11.0. The highest BCUT2D eigenvalue weighted by Crippen LogP contribution is 2.41. The molecule has 4 rings (SSSR count). The number of hydrogen-bond donors (Lipinski definition) is 2. The summed E-state index contributed by atoms with van der Waals surface area (Å²) in [4.78, 5) is 38.7. The van der Waals surface area contributed by atoms with Crippen LogP contribution in [0.4, 0.5) is 5.69 Å². The Morgan fingerprint density at radius 3 is 2.08 bits per heavy atom. The number of ether oxygens (including phenoxy) is 1. The largest absolute Gasteiger partial charge is 0.507 e. The normalized spacial score (nSPS) is 10.6. The molecule has 1 amide bonds. The molecule has 0 aliphatic carbocycles. The van der Waals surface area contributed by atoms with Crippen molar-refractivity contribution in [2.24, 2.45) is 0 Å². The Bertz CT molecular complexity index is 1500. The van der Waals surface area contributed by atoms with Gasteiger partial charge in [-0.3, -0.25) is 19.3 Å². The Morgan fingerprint density at radius 2 is 1.47 bits per heavy atom. The van der Waals surface area contributed by atoms with E-state index in [1.807, 2.05) is 0 Å². The number of aromatic hydroxyl groups is 1. The van der Waals surface area contributed by atoms with E-state index >= 15 is 0 Å². The molecule has 0 spiro atoms. The lowest BCUT2D eigenvalue weighted by Crippen LogP contribution is -2.35. The SMILES string of the molecule is O=C(O)CN(C(=O)c1ccccc1)c1cc(Br)c(Oc2ccc(O)c(C(=O)c3ccc(Cl)cc3)c2)c(Br)c1. The van der Waals surface area contributed by atoms with Crippen LogP contribution < -0.4 is 9.64 Å². The molecular weight excluding hydrogens is 642 g/mol. The third-order valence-corrected chi connectivity index (χ3v) is 6.82. The molecule has 10 heteroatoms. The number of amides is 1. The Hall–Kier alpha value is -3.66. The standard InChI is InChI=1S/C28H18Br2ClNO6/c29-22-12-19(32(15-25(34)35)28(37)17-4-2-1-3-5-17)13-23(30)27(22)38-20-10-11-24(33)21(14-20)26(36)16-6-8-18(31)9-7-16/h1-14,33H,15H2,(H,34,35). The van der Waals surface area contributed by atoms with E-state index in [9.17, 15) is 24.6 Å². The number of nitrogens with zero attached hydrogens (tertiary/aromatic N) is 1. The summed E-state index contributed by atoms with van der Waals surface area (Å²) in [7, 11) is 0. The van der Waals surface area contributed by atoms with Crippen LogP contribution in [-0.4, -0.2) is 34.4 Å². The number of carboxylic acid groups (broad SMARTS) is 1. The van der Waals surface area contributed by atoms with Crippen LogP contribution in [0.5, 0.6) is 17.2 Å². The number of anilines is 1. The van der Waals surface area contributed by atoms with Crippen LogP contribution in [0.1, 0.15) is 26.3 Å². The van der Waals surface area contributed by atoms with Gasteiger partial charge in [0.05, 0.1) is 14.5 Å². The zero-order valence-electron chi connectivity index (χ0n) is 19.4. The van der Waals surface area contributed by atoms with Crippen LogP contribution in [0.15, 0.2) is 93.9 Å². The minimum absolute atomic E-state index is 0.0368. The molecule has 0 saturated carbocycles. The van der Waals surface area contributed by atoms with Crippen LogP contribution in [0.3, 0.4) is 0 Å². The molecule has 4 aromatic rings. The van der Waals surface area contributed by atoms with Crippen LogP contribution in [0.2, 0.25) is 5.02 Å². The van der Waals surface area contributed by atoms with Crippen molar-refractivity contribution < 1.29 is 29.3 Å². The summed E-state index contributed by atoms with van der Waals surface area (Å²) in [5, 5.41) is 20.2. The number of phenols is 1. The fourth-order valence-corrected chi connectivity index (χ4v) is 5.04. The first-order chi connectivity index (χ1) is 18.1. The number of halogens is 3. The van der Waals surface area contributed by atoms with Gasteiger partial charge in [-0.1, -0.05) is 29.8 Å². The lowest BCUT2D eigenvalue weighted by Gasteiger charge is -2.22. The van der Waals surface area contributed by atoms with E-state index in [0.717, 1.165) is 4.90 Å². The highest BCUT2D eigenvalue weighted by Gasteiger charge is 2.23. The highest BCUT2D eigenvalue weighted by atomic mass is 79.9. The number of ketones is 1. The molecule has 38 heavy (non-hydrogen) atoms. The van der Waals surface area contributed by atoms with E-state index in [2.05, 4.69) is 31.9 Å². The molecule has 0 atom stereocenters. The summed E-state index contributed by atoms with van der Waals surface area (Å²) in [6.45, 7) is -0.555. The number of carbonyl (C=O) groups is 3. The fraction of sp³-hybridized carbons (Fsp3) is 0.0357. The fourth-order valence-electron chi connectivity index (χ4n) is 3.59. The maximum atomic E-state index is 13.1. The molecule has 0 aliphatic rings. The Morgan fingerprint density at radius 1 is 0.842 bits per heavy atom. The van der Waals surface area contributed by atoms with Gasteiger partial charge >= 0.3 is 5.97 Å². The maximum absolute atomic E-state index is 13.1. The molecule has 0 heterocycles. The Balaban J connectivity index is 1.65. The zero-order chi connectivity index (χ0) is 27.4. The third-order valence-electron chi connectivity index (χ3n) is 5.39. The van der Waals surface area contributed by atoms with Gasteiger partial charge in [0, 0.05) is 21.8 Å². The molecule has 0 unspecified atom stereocenters. The van der Waals surface area contributed by atoms with Gasteiger partial charge in [0.25, 0.3) is 5.91 Å². The number of aliphatic carboxylic acids is 1. The average molecular weight is 660 g/mol. The van der Waals surface area contributed by atoms with Gasteiger partial charge in [0.15, 0.2) is 11.5 Å². The van der Waals surface area contributed by atoms with E-state index in [-0.39, 0.29) is 17.1 Å². The van der Waals surface area contributed by atoms with Gasteiger partial charge in [-0.05, 0) is 98.6 Å². The molecule has 0 bridgehead atoms. The van der Waals surface area contributed by atoms with Gasteiger partial charge in [0.2, 0.25) is 0 Å². The van der Waals surface area contributed by atoms with E-state index in [1.165, 1.54) is 18.2 Å². The summed E-state index contributed by atoms with van der Waals surface area (Å²) in [5.41, 5.74) is 1.03. The van der Waals surface area contributed by atoms with Crippen molar-refractivity contribution in [2.75, 3.05) is 11.4 Å². The van der Waals surface area contributed by atoms with Crippen LogP contribution >= 0.6 is 43.5 Å². The van der Waals surface area contributed by atoms with E-state index < -0.39 is 24.2 Å². The lowest BCUT2D eigenvalue weighted by molar-refractivity contribution is -0.135. The van der Waals surface area contributed by atoms with Gasteiger partial charge in [-0.2, -0.15) is 0 Å². The van der Waals surface area contributed by atoms with Crippen LogP contribution in [0.25, 0.3) is 0 Å². The number of hydrogen-bond acceptors (Lipinski definition) is 5. The molecular formula is C28H18Br2ClNO6. The van der Waals surface area contributed by atoms with Gasteiger partial charge < -0.3 is 14.9 Å². The summed E-state index contributed by atoms with van der Waals surface area (Å²) < 4.78 is 6.83. The topological polar surface area (TPSA) is 104 Å². The Kier molecular flexibility index (Phi) is 8.51. The van der Waals surface area contributed by atoms with Gasteiger partial charge in [0.1, 0.15) is 18.0 Å². The molecule has 4 aromatic carbocycles. The van der Waals surface area contributed by atoms with Crippen LogP contribution in [0, 0.1) is 0 Å². The molecule has 0 aromatic heterocycles. The quantitative estimate of drug-likeness (QED) is 0.192. The predicted octanol–water partition coefficient (Wildman–Crippen LogP) is 7.33. The summed E-state index contributed by atoms with van der Waals surface area (Å²) in [6, 6.07) is 22.0. The number of phenolic OH excluding ortho intramolecular Hbond substituents is 1. The second-order valence-corrected chi connectivity index (χ2v) is 10.2. The molecule has 7 nitrogen and oxygen atoms in total. The monoisotopic (exact) mass is 657 g/mol. The number of carboxylic acids is 1. The van der Waals surface area contributed by atoms with Crippen LogP contribution in [-0.2, 0) is 4.79 Å². The minimum atomic E-state index is -1.18. The van der Waals surface area contributed by atoms with Crippen molar-refractivity contribution in [2.45, 2.75) is 0 Å². The number of carbonyl (C=O) groups excluding carboxylic acids is 2. The van der Waals surface area contributed by atoms with Crippen molar-refractivity contribution in [3.05, 3.63) is 116 Å². The van der Waals surface area contributed by atoms with E-state index in [1.54, 1.807) is 66.7 Å². The van der Waals surface area contributed by atoms with Crippen molar-refractivity contribution in [3.8, 4) is 17.2 Å². The number of benzene rings is 4. The van der Waals surface area contributed by atoms with Crippen molar-refractivity contribution in [1.82, 2.24) is 0 Å². The lowest BCUT2D eigenvalue weighted by atomic mass is 10.0. The van der Waals surface area contributed by atoms with Crippen molar-refractivity contribution >= 4 is 66.8 Å². The smallest absolute Gasteiger partial charge is 0.323 e. The van der Waals surface area contributed by atoms with E-state index in [4.69, 9.17) is 16.3 Å². The maximum Gasteiger partial charge on any atom is 0.323 e. The van der Waals surface area contributed by atoms with Gasteiger partial charge in [-0.25, -0.2) is 0 Å². The first kappa shape index (κ1) is 27.4. The molecule has 2 N–H and O–H groups in total. The minimum Gasteiger partial charge on any atom is -0.507 e. The van der Waals surface area contributed by atoms with Crippen molar-refractivity contribution in [3.63, 3.8) is 0 Å². The Labute approximate surface area is 239 Å². The molecule has 192 valence electrons. The predicted molar refractivity (Wildman–Crippen MR) is 151 cm³/mol. The molecule has 0 aliphatic heterocycles. The first-order valence-corrected chi connectivity index (χ1v) is 13.0.